The van der Waals surface area contributed by atoms with Crippen LogP contribution in [0.2, 0.25) is 0 Å². The highest BCUT2D eigenvalue weighted by atomic mass is 16.5. The average molecular weight is 337 g/mol. The topological polar surface area (TPSA) is 26.3 Å². The summed E-state index contributed by atoms with van der Waals surface area (Å²) in [5.41, 5.74) is 0. The van der Waals surface area contributed by atoms with Crippen molar-refractivity contribution in [3.63, 3.8) is 0 Å². The van der Waals surface area contributed by atoms with Crippen molar-refractivity contribution in [2.75, 3.05) is 6.61 Å². The maximum atomic E-state index is 11.2. The summed E-state index contributed by atoms with van der Waals surface area (Å²) in [4.78, 5) is 11.2. The fourth-order valence-electron chi connectivity index (χ4n) is 4.39. The molecule has 0 bridgehead atoms. The predicted octanol–water partition coefficient (Wildman–Crippen LogP) is 6.52. The molecule has 2 fully saturated rings. The second kappa shape index (κ2) is 11.2. The summed E-state index contributed by atoms with van der Waals surface area (Å²) in [6.07, 6.45) is 18.8. The van der Waals surface area contributed by atoms with E-state index in [1.165, 1.54) is 64.2 Å². The summed E-state index contributed by atoms with van der Waals surface area (Å²) in [7, 11) is 0. The molecule has 24 heavy (non-hydrogen) atoms. The molecule has 0 spiro atoms. The zero-order chi connectivity index (χ0) is 17.2. The van der Waals surface area contributed by atoms with Crippen molar-refractivity contribution in [1.82, 2.24) is 0 Å². The van der Waals surface area contributed by atoms with Gasteiger partial charge in [-0.2, -0.15) is 0 Å². The van der Waals surface area contributed by atoms with Crippen LogP contribution in [-0.4, -0.2) is 12.6 Å². The van der Waals surface area contributed by atoms with Gasteiger partial charge in [-0.05, 0) is 56.3 Å². The fraction of sp³-hybridized carbons (Fsp3) is 0.955. The van der Waals surface area contributed by atoms with E-state index >= 15 is 0 Å². The normalized spacial score (nSPS) is 27.9. The second-order valence-corrected chi connectivity index (χ2v) is 8.35. The van der Waals surface area contributed by atoms with E-state index in [4.69, 9.17) is 4.74 Å². The van der Waals surface area contributed by atoms with E-state index in [1.807, 2.05) is 6.92 Å². The molecule has 0 aromatic carbocycles. The molecule has 2 aliphatic carbocycles. The summed E-state index contributed by atoms with van der Waals surface area (Å²) in [6, 6.07) is 0. The monoisotopic (exact) mass is 336 g/mol. The number of esters is 1. The van der Waals surface area contributed by atoms with Crippen molar-refractivity contribution in [3.05, 3.63) is 0 Å². The molecule has 2 aliphatic rings. The van der Waals surface area contributed by atoms with Crippen LogP contribution < -0.4 is 0 Å². The van der Waals surface area contributed by atoms with E-state index in [-0.39, 0.29) is 5.97 Å². The van der Waals surface area contributed by atoms with Crippen molar-refractivity contribution < 1.29 is 9.53 Å². The third-order valence-electron chi connectivity index (χ3n) is 6.18. The van der Waals surface area contributed by atoms with Crippen LogP contribution in [0.5, 0.6) is 0 Å². The summed E-state index contributed by atoms with van der Waals surface area (Å²) in [5, 5.41) is 0. The molecule has 4 atom stereocenters. The Morgan fingerprint density at radius 2 is 1.38 bits per heavy atom. The highest BCUT2D eigenvalue weighted by molar-refractivity contribution is 5.69. The first-order valence-electron chi connectivity index (χ1n) is 10.9. The Hall–Kier alpha value is -0.530. The SMILES string of the molecule is CCCCCC1CC1CC1CC1CCCCCCCC(=O)OCC. The van der Waals surface area contributed by atoms with Crippen molar-refractivity contribution >= 4 is 5.97 Å². The van der Waals surface area contributed by atoms with Crippen LogP contribution in [0.4, 0.5) is 0 Å². The lowest BCUT2D eigenvalue weighted by atomic mass is 10.0. The van der Waals surface area contributed by atoms with Gasteiger partial charge in [0.15, 0.2) is 0 Å². The van der Waals surface area contributed by atoms with E-state index in [0.29, 0.717) is 13.0 Å². The minimum Gasteiger partial charge on any atom is -0.466 e. The van der Waals surface area contributed by atoms with E-state index < -0.39 is 0 Å². The molecule has 0 aromatic heterocycles. The predicted molar refractivity (Wildman–Crippen MR) is 101 cm³/mol. The van der Waals surface area contributed by atoms with E-state index in [2.05, 4.69) is 6.92 Å². The Morgan fingerprint density at radius 3 is 2.00 bits per heavy atom. The summed E-state index contributed by atoms with van der Waals surface area (Å²) < 4.78 is 4.95. The number of carbonyl (C=O) groups is 1. The Bertz CT molecular complexity index is 352. The molecular weight excluding hydrogens is 296 g/mol. The Kier molecular flexibility index (Phi) is 9.20. The zero-order valence-electron chi connectivity index (χ0n) is 16.2. The lowest BCUT2D eigenvalue weighted by Gasteiger charge is -2.03. The standard InChI is InChI=1S/C22H40O2/c1-3-5-9-12-18-15-20(18)17-21-16-19(21)13-10-7-6-8-11-14-22(23)24-4-2/h18-21H,3-17H2,1-2H3. The summed E-state index contributed by atoms with van der Waals surface area (Å²) >= 11 is 0. The second-order valence-electron chi connectivity index (χ2n) is 8.35. The van der Waals surface area contributed by atoms with E-state index in [9.17, 15) is 4.79 Å². The molecule has 4 unspecified atom stereocenters. The molecule has 0 amide bonds. The third kappa shape index (κ3) is 8.03. The van der Waals surface area contributed by atoms with Crippen LogP contribution in [-0.2, 0) is 9.53 Å². The van der Waals surface area contributed by atoms with Gasteiger partial charge in [0.2, 0.25) is 0 Å². The first-order chi connectivity index (χ1) is 11.7. The minimum absolute atomic E-state index is 0.0219. The maximum Gasteiger partial charge on any atom is 0.305 e. The van der Waals surface area contributed by atoms with Gasteiger partial charge in [0, 0.05) is 6.42 Å². The molecular formula is C22H40O2. The number of hydrogen-bond acceptors (Lipinski definition) is 2. The number of hydrogen-bond donors (Lipinski definition) is 0. The van der Waals surface area contributed by atoms with Crippen molar-refractivity contribution in [2.24, 2.45) is 23.7 Å². The van der Waals surface area contributed by atoms with Gasteiger partial charge in [-0.1, -0.05) is 64.7 Å². The molecule has 2 nitrogen and oxygen atoms in total. The number of rotatable bonds is 15. The first kappa shape index (κ1) is 19.8. The summed E-state index contributed by atoms with van der Waals surface area (Å²) in [5.74, 6) is 4.36. The number of unbranched alkanes of at least 4 members (excludes halogenated alkanes) is 6. The zero-order valence-corrected chi connectivity index (χ0v) is 16.2. The number of carbonyl (C=O) groups excluding carboxylic acids is 1. The highest BCUT2D eigenvalue weighted by Gasteiger charge is 2.44. The smallest absolute Gasteiger partial charge is 0.305 e. The minimum atomic E-state index is -0.0219. The Labute approximate surface area is 150 Å². The van der Waals surface area contributed by atoms with Crippen LogP contribution in [0.25, 0.3) is 0 Å². The van der Waals surface area contributed by atoms with Crippen molar-refractivity contribution in [3.8, 4) is 0 Å². The molecule has 0 aromatic rings. The lowest BCUT2D eigenvalue weighted by molar-refractivity contribution is -0.143. The van der Waals surface area contributed by atoms with E-state index in [0.717, 1.165) is 30.1 Å². The van der Waals surface area contributed by atoms with Crippen LogP contribution in [0.15, 0.2) is 0 Å². The molecule has 0 aliphatic heterocycles. The highest BCUT2D eigenvalue weighted by Crippen LogP contribution is 2.54. The quantitative estimate of drug-likeness (QED) is 0.251. The Morgan fingerprint density at radius 1 is 0.792 bits per heavy atom. The van der Waals surface area contributed by atoms with Gasteiger partial charge in [-0.25, -0.2) is 0 Å². The summed E-state index contributed by atoms with van der Waals surface area (Å²) in [6.45, 7) is 4.69. The average Bonchev–Trinajstić information content (AvgIpc) is 3.47. The van der Waals surface area contributed by atoms with Crippen LogP contribution >= 0.6 is 0 Å². The van der Waals surface area contributed by atoms with Crippen LogP contribution in [0, 0.1) is 23.7 Å². The van der Waals surface area contributed by atoms with Gasteiger partial charge in [0.1, 0.15) is 0 Å². The maximum absolute atomic E-state index is 11.2. The van der Waals surface area contributed by atoms with Gasteiger partial charge in [0.25, 0.3) is 0 Å². The third-order valence-corrected chi connectivity index (χ3v) is 6.18. The molecule has 0 heterocycles. The molecule has 0 radical (unpaired) electrons. The van der Waals surface area contributed by atoms with Gasteiger partial charge in [0.05, 0.1) is 6.61 Å². The van der Waals surface area contributed by atoms with Gasteiger partial charge >= 0.3 is 5.97 Å². The van der Waals surface area contributed by atoms with Crippen molar-refractivity contribution in [2.45, 2.75) is 104 Å². The lowest BCUT2D eigenvalue weighted by Crippen LogP contribution is -2.03. The van der Waals surface area contributed by atoms with Crippen LogP contribution in [0.1, 0.15) is 104 Å². The molecule has 0 N–H and O–H groups in total. The van der Waals surface area contributed by atoms with Crippen LogP contribution in [0.3, 0.4) is 0 Å². The Balaban J connectivity index is 1.34. The largest absolute Gasteiger partial charge is 0.466 e. The molecule has 2 heteroatoms. The van der Waals surface area contributed by atoms with Gasteiger partial charge < -0.3 is 4.74 Å². The van der Waals surface area contributed by atoms with Crippen molar-refractivity contribution in [1.29, 1.82) is 0 Å². The van der Waals surface area contributed by atoms with E-state index in [1.54, 1.807) is 12.8 Å². The number of ether oxygens (including phenoxy) is 1. The first-order valence-corrected chi connectivity index (χ1v) is 10.9. The molecule has 0 saturated heterocycles. The van der Waals surface area contributed by atoms with Gasteiger partial charge in [-0.3, -0.25) is 4.79 Å². The molecule has 140 valence electrons. The van der Waals surface area contributed by atoms with Gasteiger partial charge in [-0.15, -0.1) is 0 Å². The fourth-order valence-corrected chi connectivity index (χ4v) is 4.39. The molecule has 2 saturated carbocycles. The molecule has 2 rings (SSSR count).